The summed E-state index contributed by atoms with van der Waals surface area (Å²) in [4.78, 5) is 52.0. The molecule has 0 radical (unpaired) electrons. The Labute approximate surface area is 236 Å². The first kappa shape index (κ1) is 28.9. The maximum absolute atomic E-state index is 13.9. The van der Waals surface area contributed by atoms with Gasteiger partial charge in [-0.2, -0.15) is 0 Å². The standard InChI is InChI=1S/C30H32N4O7/c1-19-5-10-25-26(11-19)34(30(38)33(25)16-20-6-8-22(9-7-20)29(37)41-4)27(28(31)36)17-32(18-35)15-21-12-23(39-2)14-24(13-21)40-3/h5-14,18,27H,15-17H2,1-4H3,(H2,31,36). The van der Waals surface area contributed by atoms with Crippen molar-refractivity contribution in [3.8, 4) is 11.5 Å². The first-order chi connectivity index (χ1) is 19.7. The second-order valence-corrected chi connectivity index (χ2v) is 9.59. The highest BCUT2D eigenvalue weighted by atomic mass is 16.5. The fourth-order valence-corrected chi connectivity index (χ4v) is 4.75. The van der Waals surface area contributed by atoms with E-state index in [9.17, 15) is 19.2 Å². The number of rotatable bonds is 12. The van der Waals surface area contributed by atoms with Gasteiger partial charge in [-0.25, -0.2) is 9.59 Å². The Morgan fingerprint density at radius 1 is 0.927 bits per heavy atom. The van der Waals surface area contributed by atoms with Crippen LogP contribution >= 0.6 is 0 Å². The fraction of sp³-hybridized carbons (Fsp3) is 0.267. The van der Waals surface area contributed by atoms with Gasteiger partial charge < -0.3 is 24.8 Å². The lowest BCUT2D eigenvalue weighted by molar-refractivity contribution is -0.124. The van der Waals surface area contributed by atoms with Crippen LogP contribution in [0.15, 0.2) is 65.5 Å². The van der Waals surface area contributed by atoms with E-state index in [0.717, 1.165) is 11.1 Å². The Bertz CT molecular complexity index is 1620. The van der Waals surface area contributed by atoms with Gasteiger partial charge in [0.1, 0.15) is 17.5 Å². The molecule has 1 heterocycles. The fourth-order valence-electron chi connectivity index (χ4n) is 4.75. The summed E-state index contributed by atoms with van der Waals surface area (Å²) >= 11 is 0. The monoisotopic (exact) mass is 560 g/mol. The summed E-state index contributed by atoms with van der Waals surface area (Å²) in [5, 5.41) is 0. The van der Waals surface area contributed by atoms with Crippen molar-refractivity contribution >= 4 is 29.3 Å². The number of hydrogen-bond acceptors (Lipinski definition) is 7. The van der Waals surface area contributed by atoms with Crippen LogP contribution in [-0.4, -0.2) is 60.2 Å². The van der Waals surface area contributed by atoms with Gasteiger partial charge in [-0.15, -0.1) is 0 Å². The van der Waals surface area contributed by atoms with Gasteiger partial charge in [0, 0.05) is 12.6 Å². The van der Waals surface area contributed by atoms with Gasteiger partial charge in [-0.05, 0) is 60.0 Å². The molecule has 0 bridgehead atoms. The molecule has 0 saturated heterocycles. The second kappa shape index (κ2) is 12.4. The molecule has 1 aromatic heterocycles. The molecule has 41 heavy (non-hydrogen) atoms. The minimum absolute atomic E-state index is 0.125. The molecular formula is C30H32N4O7. The molecule has 2 N–H and O–H groups in total. The van der Waals surface area contributed by atoms with Gasteiger partial charge in [0.15, 0.2) is 0 Å². The van der Waals surface area contributed by atoms with Crippen LogP contribution in [0.25, 0.3) is 11.0 Å². The minimum atomic E-state index is -1.15. The lowest BCUT2D eigenvalue weighted by Gasteiger charge is -2.24. The van der Waals surface area contributed by atoms with Crippen LogP contribution < -0.4 is 20.9 Å². The lowest BCUT2D eigenvalue weighted by Crippen LogP contribution is -2.41. The van der Waals surface area contributed by atoms with Crippen LogP contribution in [0.3, 0.4) is 0 Å². The molecule has 214 valence electrons. The predicted octanol–water partition coefficient (Wildman–Crippen LogP) is 2.65. The van der Waals surface area contributed by atoms with Crippen LogP contribution in [0, 0.1) is 6.92 Å². The summed E-state index contributed by atoms with van der Waals surface area (Å²) < 4.78 is 18.3. The van der Waals surface area contributed by atoms with Crippen molar-refractivity contribution in [2.75, 3.05) is 27.9 Å². The van der Waals surface area contributed by atoms with E-state index >= 15 is 0 Å². The van der Waals surface area contributed by atoms with E-state index < -0.39 is 23.6 Å². The largest absolute Gasteiger partial charge is 0.497 e. The zero-order valence-electron chi connectivity index (χ0n) is 23.3. The number of methoxy groups -OCH3 is 3. The van der Waals surface area contributed by atoms with Crippen molar-refractivity contribution in [2.24, 2.45) is 5.73 Å². The molecule has 11 heteroatoms. The van der Waals surface area contributed by atoms with Crippen molar-refractivity contribution < 1.29 is 28.6 Å². The molecule has 0 aliphatic heterocycles. The lowest BCUT2D eigenvalue weighted by atomic mass is 10.1. The molecule has 0 aliphatic carbocycles. The first-order valence-corrected chi connectivity index (χ1v) is 12.8. The highest BCUT2D eigenvalue weighted by molar-refractivity contribution is 5.89. The number of esters is 1. The normalized spacial score (nSPS) is 11.6. The Hall–Kier alpha value is -5.06. The quantitative estimate of drug-likeness (QED) is 0.208. The number of carbonyl (C=O) groups is 3. The molecule has 1 unspecified atom stereocenters. The van der Waals surface area contributed by atoms with E-state index in [1.807, 2.05) is 25.1 Å². The van der Waals surface area contributed by atoms with Crippen LogP contribution in [0.4, 0.5) is 0 Å². The maximum Gasteiger partial charge on any atom is 0.337 e. The molecule has 4 aromatic rings. The molecular weight excluding hydrogens is 528 g/mol. The number of ether oxygens (including phenoxy) is 3. The van der Waals surface area contributed by atoms with Crippen molar-refractivity contribution in [2.45, 2.75) is 26.1 Å². The molecule has 2 amide bonds. The number of fused-ring (bicyclic) bond motifs is 1. The minimum Gasteiger partial charge on any atom is -0.497 e. The molecule has 11 nitrogen and oxygen atoms in total. The zero-order valence-corrected chi connectivity index (χ0v) is 23.3. The van der Waals surface area contributed by atoms with E-state index in [1.165, 1.54) is 35.4 Å². The number of imidazole rings is 1. The number of primary amides is 1. The Balaban J connectivity index is 1.72. The molecule has 3 aromatic carbocycles. The third-order valence-electron chi connectivity index (χ3n) is 6.83. The third-order valence-corrected chi connectivity index (χ3v) is 6.83. The maximum atomic E-state index is 13.9. The van der Waals surface area contributed by atoms with E-state index in [0.29, 0.717) is 40.1 Å². The van der Waals surface area contributed by atoms with E-state index in [-0.39, 0.29) is 19.6 Å². The number of carbonyl (C=O) groups excluding carboxylic acids is 3. The van der Waals surface area contributed by atoms with Crippen molar-refractivity contribution in [3.63, 3.8) is 0 Å². The molecule has 1 atom stereocenters. The summed E-state index contributed by atoms with van der Waals surface area (Å²) in [7, 11) is 4.36. The van der Waals surface area contributed by atoms with Gasteiger partial charge >= 0.3 is 11.7 Å². The number of aryl methyl sites for hydroxylation is 1. The summed E-state index contributed by atoms with van der Waals surface area (Å²) in [6.07, 6.45) is 0.611. The number of hydrogen-bond donors (Lipinski definition) is 1. The number of nitrogens with zero attached hydrogens (tertiary/aromatic N) is 3. The Morgan fingerprint density at radius 3 is 2.15 bits per heavy atom. The number of aromatic nitrogens is 2. The number of benzene rings is 3. The Kier molecular flexibility index (Phi) is 8.76. The molecule has 0 saturated carbocycles. The van der Waals surface area contributed by atoms with Crippen LogP contribution in [0.1, 0.15) is 33.1 Å². The smallest absolute Gasteiger partial charge is 0.337 e. The van der Waals surface area contributed by atoms with Crippen molar-refractivity contribution in [3.05, 3.63) is 93.4 Å². The topological polar surface area (TPSA) is 135 Å². The first-order valence-electron chi connectivity index (χ1n) is 12.8. The zero-order chi connectivity index (χ0) is 29.7. The van der Waals surface area contributed by atoms with Gasteiger partial charge in [0.2, 0.25) is 12.3 Å². The van der Waals surface area contributed by atoms with E-state index in [1.54, 1.807) is 42.5 Å². The SMILES string of the molecule is COC(=O)c1ccc(Cn2c(=O)n(C(CN(C=O)Cc3cc(OC)cc(OC)c3)C(N)=O)c3cc(C)ccc32)cc1. The summed E-state index contributed by atoms with van der Waals surface area (Å²) in [6.45, 7) is 2.04. The van der Waals surface area contributed by atoms with Crippen LogP contribution in [0.5, 0.6) is 11.5 Å². The van der Waals surface area contributed by atoms with Gasteiger partial charge in [-0.3, -0.25) is 18.7 Å². The predicted molar refractivity (Wildman–Crippen MR) is 152 cm³/mol. The van der Waals surface area contributed by atoms with E-state index in [2.05, 4.69) is 0 Å². The molecule has 0 aliphatic rings. The highest BCUT2D eigenvalue weighted by Crippen LogP contribution is 2.25. The molecule has 0 fully saturated rings. The second-order valence-electron chi connectivity index (χ2n) is 9.59. The summed E-state index contributed by atoms with van der Waals surface area (Å²) in [5.74, 6) is -0.126. The Morgan fingerprint density at radius 2 is 1.59 bits per heavy atom. The van der Waals surface area contributed by atoms with Gasteiger partial charge in [0.05, 0.1) is 51.0 Å². The van der Waals surface area contributed by atoms with Gasteiger partial charge in [0.25, 0.3) is 0 Å². The average molecular weight is 561 g/mol. The number of amides is 2. The molecule has 0 spiro atoms. The van der Waals surface area contributed by atoms with Gasteiger partial charge in [-0.1, -0.05) is 18.2 Å². The molecule has 4 rings (SSSR count). The number of nitrogens with two attached hydrogens (primary N) is 1. The van der Waals surface area contributed by atoms with Crippen molar-refractivity contribution in [1.82, 2.24) is 14.0 Å². The summed E-state index contributed by atoms with van der Waals surface area (Å²) in [5.41, 5.74) is 9.22. The van der Waals surface area contributed by atoms with Crippen molar-refractivity contribution in [1.29, 1.82) is 0 Å². The highest BCUT2D eigenvalue weighted by Gasteiger charge is 2.27. The summed E-state index contributed by atoms with van der Waals surface area (Å²) in [6, 6.07) is 16.3. The van der Waals surface area contributed by atoms with E-state index in [4.69, 9.17) is 19.9 Å². The van der Waals surface area contributed by atoms with Crippen LogP contribution in [-0.2, 0) is 27.4 Å². The van der Waals surface area contributed by atoms with Crippen LogP contribution in [0.2, 0.25) is 0 Å². The average Bonchev–Trinajstić information content (AvgIpc) is 3.24. The third kappa shape index (κ3) is 6.24.